The summed E-state index contributed by atoms with van der Waals surface area (Å²) in [6.07, 6.45) is 0. The summed E-state index contributed by atoms with van der Waals surface area (Å²) in [4.78, 5) is 10.4. The zero-order valence-electron chi connectivity index (χ0n) is 5.39. The van der Waals surface area contributed by atoms with Crippen molar-refractivity contribution in [2.75, 3.05) is 13.7 Å². The lowest BCUT2D eigenvalue weighted by Gasteiger charge is -2.02. The number of methoxy groups -OCH3 is 1. The SMILES string of the molecule is COC(=O)COC(C)I. The third kappa shape index (κ3) is 6.04. The number of hydrogen-bond donors (Lipinski definition) is 0. The van der Waals surface area contributed by atoms with Crippen LogP contribution in [0, 0.1) is 0 Å². The Balaban J connectivity index is 3.17. The van der Waals surface area contributed by atoms with Gasteiger partial charge in [0.2, 0.25) is 0 Å². The zero-order chi connectivity index (χ0) is 7.28. The second-order valence-corrected chi connectivity index (χ2v) is 3.18. The summed E-state index contributed by atoms with van der Waals surface area (Å²) >= 11 is 2.06. The number of carbonyl (C=O) groups is 1. The summed E-state index contributed by atoms with van der Waals surface area (Å²) in [6, 6.07) is 0. The molecule has 0 spiro atoms. The van der Waals surface area contributed by atoms with E-state index < -0.39 is 0 Å². The van der Waals surface area contributed by atoms with Gasteiger partial charge in [-0.1, -0.05) is 22.6 Å². The van der Waals surface area contributed by atoms with Crippen molar-refractivity contribution in [2.45, 2.75) is 11.0 Å². The van der Waals surface area contributed by atoms with Crippen molar-refractivity contribution >= 4 is 28.6 Å². The lowest BCUT2D eigenvalue weighted by molar-refractivity contribution is -0.145. The van der Waals surface area contributed by atoms with Gasteiger partial charge in [0, 0.05) is 0 Å². The molecule has 0 radical (unpaired) electrons. The molecular weight excluding hydrogens is 235 g/mol. The molecule has 0 aliphatic heterocycles. The summed E-state index contributed by atoms with van der Waals surface area (Å²) in [7, 11) is 1.34. The van der Waals surface area contributed by atoms with Crippen molar-refractivity contribution in [2.24, 2.45) is 0 Å². The van der Waals surface area contributed by atoms with Gasteiger partial charge >= 0.3 is 5.97 Å². The van der Waals surface area contributed by atoms with Crippen molar-refractivity contribution in [3.63, 3.8) is 0 Å². The molecule has 0 aromatic heterocycles. The molecule has 1 unspecified atom stereocenters. The molecule has 0 aliphatic rings. The van der Waals surface area contributed by atoms with E-state index in [4.69, 9.17) is 4.74 Å². The zero-order valence-corrected chi connectivity index (χ0v) is 7.54. The third-order valence-electron chi connectivity index (χ3n) is 0.659. The first-order valence-electron chi connectivity index (χ1n) is 2.49. The van der Waals surface area contributed by atoms with Crippen molar-refractivity contribution in [3.05, 3.63) is 0 Å². The topological polar surface area (TPSA) is 35.5 Å². The van der Waals surface area contributed by atoms with Gasteiger partial charge in [0.05, 0.1) is 7.11 Å². The first-order chi connectivity index (χ1) is 4.16. The summed E-state index contributed by atoms with van der Waals surface area (Å²) in [5.41, 5.74) is 0. The van der Waals surface area contributed by atoms with E-state index in [9.17, 15) is 4.79 Å². The minimum absolute atomic E-state index is 0.0423. The van der Waals surface area contributed by atoms with E-state index in [0.717, 1.165) is 0 Å². The maximum absolute atomic E-state index is 10.4. The number of halogens is 1. The Morgan fingerprint density at radius 1 is 1.78 bits per heavy atom. The van der Waals surface area contributed by atoms with Crippen LogP contribution in [0.3, 0.4) is 0 Å². The van der Waals surface area contributed by atoms with Crippen LogP contribution in [0.1, 0.15) is 6.92 Å². The molecule has 54 valence electrons. The number of rotatable bonds is 3. The lowest BCUT2D eigenvalue weighted by atomic mass is 10.7. The van der Waals surface area contributed by atoms with Gasteiger partial charge in [-0.05, 0) is 6.92 Å². The Labute approximate surface area is 67.8 Å². The molecular formula is C5H9IO3. The van der Waals surface area contributed by atoms with E-state index in [1.807, 2.05) is 6.92 Å². The minimum atomic E-state index is -0.335. The molecule has 0 aromatic carbocycles. The van der Waals surface area contributed by atoms with Gasteiger partial charge in [-0.3, -0.25) is 0 Å². The summed E-state index contributed by atoms with van der Waals surface area (Å²) in [6.45, 7) is 1.89. The molecule has 0 aromatic rings. The molecule has 3 nitrogen and oxygen atoms in total. The van der Waals surface area contributed by atoms with Gasteiger partial charge in [0.25, 0.3) is 0 Å². The van der Waals surface area contributed by atoms with Gasteiger partial charge in [0.1, 0.15) is 10.7 Å². The molecule has 0 bridgehead atoms. The van der Waals surface area contributed by atoms with Gasteiger partial charge in [-0.15, -0.1) is 0 Å². The van der Waals surface area contributed by atoms with Crippen molar-refractivity contribution in [1.29, 1.82) is 0 Å². The lowest BCUT2D eigenvalue weighted by Crippen LogP contribution is -2.12. The van der Waals surface area contributed by atoms with Crippen LogP contribution in [0.25, 0.3) is 0 Å². The largest absolute Gasteiger partial charge is 0.467 e. The number of hydrogen-bond acceptors (Lipinski definition) is 3. The van der Waals surface area contributed by atoms with Gasteiger partial charge in [-0.25, -0.2) is 4.79 Å². The molecule has 9 heavy (non-hydrogen) atoms. The van der Waals surface area contributed by atoms with Crippen LogP contribution in [0.4, 0.5) is 0 Å². The second kappa shape index (κ2) is 4.99. The van der Waals surface area contributed by atoms with E-state index in [1.165, 1.54) is 7.11 Å². The first kappa shape index (κ1) is 9.16. The minimum Gasteiger partial charge on any atom is -0.467 e. The van der Waals surface area contributed by atoms with Gasteiger partial charge in [0.15, 0.2) is 0 Å². The predicted octanol–water partition coefficient (Wildman–Crippen LogP) is 0.957. The maximum atomic E-state index is 10.4. The molecule has 0 amide bonds. The molecule has 4 heteroatoms. The van der Waals surface area contributed by atoms with Crippen LogP contribution in [0.5, 0.6) is 0 Å². The van der Waals surface area contributed by atoms with Crippen molar-refractivity contribution in [3.8, 4) is 0 Å². The van der Waals surface area contributed by atoms with Crippen molar-refractivity contribution < 1.29 is 14.3 Å². The first-order valence-corrected chi connectivity index (χ1v) is 3.74. The third-order valence-corrected chi connectivity index (χ3v) is 1.02. The normalized spacial score (nSPS) is 12.8. The highest BCUT2D eigenvalue weighted by Gasteiger charge is 2.01. The van der Waals surface area contributed by atoms with E-state index in [-0.39, 0.29) is 16.7 Å². The summed E-state index contributed by atoms with van der Waals surface area (Å²) in [5.74, 6) is -0.335. The number of ether oxygens (including phenoxy) is 2. The Morgan fingerprint density at radius 2 is 2.33 bits per heavy atom. The van der Waals surface area contributed by atoms with E-state index in [1.54, 1.807) is 0 Å². The van der Waals surface area contributed by atoms with Crippen LogP contribution in [0.2, 0.25) is 0 Å². The molecule has 0 aliphatic carbocycles. The van der Waals surface area contributed by atoms with E-state index in [2.05, 4.69) is 27.3 Å². The van der Waals surface area contributed by atoms with Crippen molar-refractivity contribution in [1.82, 2.24) is 0 Å². The fraction of sp³-hybridized carbons (Fsp3) is 0.800. The highest BCUT2D eigenvalue weighted by atomic mass is 127. The maximum Gasteiger partial charge on any atom is 0.331 e. The summed E-state index contributed by atoms with van der Waals surface area (Å²) in [5, 5.41) is 0. The molecule has 0 saturated carbocycles. The smallest absolute Gasteiger partial charge is 0.331 e. The molecule has 0 rings (SSSR count). The van der Waals surface area contributed by atoms with E-state index >= 15 is 0 Å². The van der Waals surface area contributed by atoms with Gasteiger partial charge < -0.3 is 9.47 Å². The van der Waals surface area contributed by atoms with Crippen LogP contribution in [-0.2, 0) is 14.3 Å². The molecule has 0 heterocycles. The quantitative estimate of drug-likeness (QED) is 0.421. The molecule has 0 saturated heterocycles. The average Bonchev–Trinajstić information content (AvgIpc) is 1.83. The fourth-order valence-electron chi connectivity index (χ4n) is 0.242. The Hall–Kier alpha value is 0.160. The summed E-state index contributed by atoms with van der Waals surface area (Å²) < 4.78 is 9.30. The number of carbonyl (C=O) groups excluding carboxylic acids is 1. The highest BCUT2D eigenvalue weighted by molar-refractivity contribution is 14.1. The number of alkyl halides is 1. The molecule has 1 atom stereocenters. The number of esters is 1. The average molecular weight is 244 g/mol. The van der Waals surface area contributed by atoms with Crippen LogP contribution in [-0.4, -0.2) is 23.8 Å². The highest BCUT2D eigenvalue weighted by Crippen LogP contribution is 1.99. The predicted molar refractivity (Wildman–Crippen MR) is 41.5 cm³/mol. The van der Waals surface area contributed by atoms with Crippen LogP contribution >= 0.6 is 22.6 Å². The van der Waals surface area contributed by atoms with E-state index in [0.29, 0.717) is 0 Å². The second-order valence-electron chi connectivity index (χ2n) is 1.43. The van der Waals surface area contributed by atoms with Crippen LogP contribution in [0.15, 0.2) is 0 Å². The Kier molecular flexibility index (Phi) is 5.07. The molecule has 0 fully saturated rings. The fourth-order valence-corrected chi connectivity index (χ4v) is 0.422. The molecule has 0 N–H and O–H groups in total. The monoisotopic (exact) mass is 244 g/mol. The Bertz CT molecular complexity index is 92.2. The van der Waals surface area contributed by atoms with Gasteiger partial charge in [-0.2, -0.15) is 0 Å². The Morgan fingerprint density at radius 3 is 2.67 bits per heavy atom. The standard InChI is InChI=1S/C5H9IO3/c1-4(6)9-3-5(7)8-2/h4H,3H2,1-2H3. The van der Waals surface area contributed by atoms with Crippen LogP contribution < -0.4 is 0 Å².